The van der Waals surface area contributed by atoms with Crippen molar-refractivity contribution in [2.45, 2.75) is 71.5 Å². The molecule has 0 saturated heterocycles. The number of pyridine rings is 1. The third kappa shape index (κ3) is 5.11. The Morgan fingerprint density at radius 1 is 1.24 bits per heavy atom. The molecule has 0 atom stereocenters. The van der Waals surface area contributed by atoms with Gasteiger partial charge in [0.05, 0.1) is 11.4 Å². The van der Waals surface area contributed by atoms with Gasteiger partial charge in [-0.05, 0) is 49.0 Å². The third-order valence-corrected chi connectivity index (χ3v) is 9.05. The van der Waals surface area contributed by atoms with Crippen LogP contribution in [0.5, 0.6) is 0 Å². The summed E-state index contributed by atoms with van der Waals surface area (Å²) in [4.78, 5) is 4.38. The Labute approximate surface area is 131 Å². The van der Waals surface area contributed by atoms with Crippen LogP contribution in [0.1, 0.15) is 51.8 Å². The Bertz CT molecular complexity index is 453. The van der Waals surface area contributed by atoms with Crippen LogP contribution in [-0.2, 0) is 17.3 Å². The second-order valence-electron chi connectivity index (χ2n) is 7.29. The molecule has 0 aliphatic carbocycles. The van der Waals surface area contributed by atoms with Crippen LogP contribution >= 0.6 is 0 Å². The summed E-state index contributed by atoms with van der Waals surface area (Å²) >= 11 is 0. The lowest BCUT2D eigenvalue weighted by Gasteiger charge is -2.36. The molecule has 0 aromatic carbocycles. The van der Waals surface area contributed by atoms with Crippen LogP contribution in [0.3, 0.4) is 0 Å². The van der Waals surface area contributed by atoms with Crippen molar-refractivity contribution >= 4 is 14.0 Å². The summed E-state index contributed by atoms with van der Waals surface area (Å²) in [5, 5.41) is 0.275. The summed E-state index contributed by atoms with van der Waals surface area (Å²) in [5.74, 6) is 0. The first-order chi connectivity index (χ1) is 9.69. The zero-order valence-electron chi connectivity index (χ0n) is 14.6. The van der Waals surface area contributed by atoms with Gasteiger partial charge in [-0.1, -0.05) is 34.1 Å². The van der Waals surface area contributed by atoms with E-state index in [4.69, 9.17) is 10.2 Å². The minimum Gasteiger partial charge on any atom is -0.417 e. The molecule has 3 nitrogen and oxygen atoms in total. The number of hydrogen-bond donors (Lipinski definition) is 1. The summed E-state index contributed by atoms with van der Waals surface area (Å²) in [7, 11) is -1.62. The quantitative estimate of drug-likeness (QED) is 0.593. The molecule has 1 heterocycles. The van der Waals surface area contributed by atoms with Crippen molar-refractivity contribution in [1.82, 2.24) is 4.98 Å². The molecule has 1 rings (SSSR count). The molecule has 0 unspecified atom stereocenters. The van der Waals surface area contributed by atoms with Gasteiger partial charge >= 0.3 is 0 Å². The van der Waals surface area contributed by atoms with Crippen LogP contribution < -0.4 is 5.73 Å². The molecule has 1 aromatic rings. The van der Waals surface area contributed by atoms with Gasteiger partial charge in [-0.25, -0.2) is 0 Å². The van der Waals surface area contributed by atoms with Crippen LogP contribution in [0, 0.1) is 0 Å². The van der Waals surface area contributed by atoms with E-state index in [-0.39, 0.29) is 5.04 Å². The van der Waals surface area contributed by atoms with Crippen molar-refractivity contribution < 1.29 is 4.43 Å². The van der Waals surface area contributed by atoms with Crippen LogP contribution in [0.15, 0.2) is 12.3 Å². The van der Waals surface area contributed by atoms with E-state index in [0.29, 0.717) is 0 Å². The van der Waals surface area contributed by atoms with Gasteiger partial charge in [0.2, 0.25) is 0 Å². The molecule has 0 aliphatic heterocycles. The number of aryl methyl sites for hydroxylation is 2. The molecule has 0 bridgehead atoms. The molecule has 0 amide bonds. The first-order valence-corrected chi connectivity index (χ1v) is 11.0. The summed E-state index contributed by atoms with van der Waals surface area (Å²) < 4.78 is 6.22. The van der Waals surface area contributed by atoms with Crippen molar-refractivity contribution in [3.63, 3.8) is 0 Å². The summed E-state index contributed by atoms with van der Waals surface area (Å²) in [6.07, 6.45) is 5.91. The molecule has 0 radical (unpaired) electrons. The van der Waals surface area contributed by atoms with E-state index in [2.05, 4.69) is 45.8 Å². The number of anilines is 1. The van der Waals surface area contributed by atoms with Gasteiger partial charge in [0.1, 0.15) is 0 Å². The van der Waals surface area contributed by atoms with Crippen molar-refractivity contribution in [3.8, 4) is 0 Å². The van der Waals surface area contributed by atoms with Crippen molar-refractivity contribution in [2.75, 3.05) is 12.3 Å². The van der Waals surface area contributed by atoms with Crippen molar-refractivity contribution in [1.29, 1.82) is 0 Å². The topological polar surface area (TPSA) is 48.1 Å². The van der Waals surface area contributed by atoms with E-state index >= 15 is 0 Å². The van der Waals surface area contributed by atoms with Gasteiger partial charge in [-0.3, -0.25) is 4.98 Å². The maximum absolute atomic E-state index is 6.22. The number of nitrogen functional groups attached to an aromatic ring is 1. The second-order valence-corrected chi connectivity index (χ2v) is 12.1. The molecular formula is C17H32N2OSi. The number of aromatic nitrogens is 1. The maximum Gasteiger partial charge on any atom is 0.191 e. The monoisotopic (exact) mass is 308 g/mol. The fourth-order valence-electron chi connectivity index (χ4n) is 2.02. The number of nitrogens with zero attached hydrogens (tertiary/aromatic N) is 1. The summed E-state index contributed by atoms with van der Waals surface area (Å²) in [6.45, 7) is 14.4. The average Bonchev–Trinajstić information content (AvgIpc) is 2.37. The largest absolute Gasteiger partial charge is 0.417 e. The van der Waals surface area contributed by atoms with Crippen molar-refractivity contribution in [2.24, 2.45) is 0 Å². The smallest absolute Gasteiger partial charge is 0.191 e. The predicted octanol–water partition coefficient (Wildman–Crippen LogP) is 4.57. The number of hydrogen-bond acceptors (Lipinski definition) is 3. The molecule has 0 spiro atoms. The Morgan fingerprint density at radius 2 is 1.90 bits per heavy atom. The molecule has 1 aromatic heterocycles. The zero-order valence-corrected chi connectivity index (χ0v) is 15.6. The average molecular weight is 309 g/mol. The Kier molecular flexibility index (Phi) is 6.41. The highest BCUT2D eigenvalue weighted by molar-refractivity contribution is 6.74. The summed E-state index contributed by atoms with van der Waals surface area (Å²) in [6, 6.07) is 2.04. The molecule has 0 saturated carbocycles. The lowest BCUT2D eigenvalue weighted by atomic mass is 10.1. The highest BCUT2D eigenvalue weighted by atomic mass is 28.4. The SMILES string of the molecule is CCCc1nccc(CCCO[Si](C)(C)C(C)(C)C)c1N. The lowest BCUT2D eigenvalue weighted by Crippen LogP contribution is -2.41. The van der Waals surface area contributed by atoms with Gasteiger partial charge in [0.15, 0.2) is 8.32 Å². The van der Waals surface area contributed by atoms with E-state index in [9.17, 15) is 0 Å². The van der Waals surface area contributed by atoms with E-state index in [1.807, 2.05) is 12.3 Å². The van der Waals surface area contributed by atoms with Gasteiger partial charge in [-0.15, -0.1) is 0 Å². The van der Waals surface area contributed by atoms with Crippen LogP contribution in [0.25, 0.3) is 0 Å². The zero-order chi connectivity index (χ0) is 16.1. The fourth-order valence-corrected chi connectivity index (χ4v) is 3.11. The van der Waals surface area contributed by atoms with E-state index in [1.165, 1.54) is 5.56 Å². The van der Waals surface area contributed by atoms with Gasteiger partial charge in [0, 0.05) is 12.8 Å². The molecule has 2 N–H and O–H groups in total. The Hall–Kier alpha value is -0.873. The van der Waals surface area contributed by atoms with Crippen LogP contribution in [-0.4, -0.2) is 19.9 Å². The first kappa shape index (κ1) is 18.2. The lowest BCUT2D eigenvalue weighted by molar-refractivity contribution is 0.282. The molecule has 4 heteroatoms. The minimum atomic E-state index is -1.62. The molecule has 0 aliphatic rings. The maximum atomic E-state index is 6.22. The van der Waals surface area contributed by atoms with Gasteiger partial charge in [0.25, 0.3) is 0 Å². The first-order valence-electron chi connectivity index (χ1n) is 8.05. The standard InChI is InChI=1S/C17H32N2OSi/c1-7-9-15-16(18)14(11-12-19-15)10-8-13-20-21(5,6)17(2,3)4/h11-12H,7-10,13,18H2,1-6H3. The minimum absolute atomic E-state index is 0.275. The normalized spacial score (nSPS) is 12.7. The number of nitrogens with two attached hydrogens (primary N) is 1. The molecule has 21 heavy (non-hydrogen) atoms. The van der Waals surface area contributed by atoms with Crippen LogP contribution in [0.4, 0.5) is 5.69 Å². The highest BCUT2D eigenvalue weighted by Crippen LogP contribution is 2.36. The molecule has 120 valence electrons. The van der Waals surface area contributed by atoms with Gasteiger partial charge in [-0.2, -0.15) is 0 Å². The van der Waals surface area contributed by atoms with Crippen LogP contribution in [0.2, 0.25) is 18.1 Å². The van der Waals surface area contributed by atoms with Gasteiger partial charge < -0.3 is 10.2 Å². The molecule has 0 fully saturated rings. The number of rotatable bonds is 7. The second kappa shape index (κ2) is 7.41. The Balaban J connectivity index is 2.52. The van der Waals surface area contributed by atoms with E-state index in [1.54, 1.807) is 0 Å². The fraction of sp³-hybridized carbons (Fsp3) is 0.706. The summed E-state index contributed by atoms with van der Waals surface area (Å²) in [5.41, 5.74) is 9.35. The highest BCUT2D eigenvalue weighted by Gasteiger charge is 2.36. The third-order valence-electron chi connectivity index (χ3n) is 4.51. The molecular weight excluding hydrogens is 276 g/mol. The van der Waals surface area contributed by atoms with E-state index in [0.717, 1.165) is 43.7 Å². The Morgan fingerprint density at radius 3 is 2.48 bits per heavy atom. The predicted molar refractivity (Wildman–Crippen MR) is 94.1 cm³/mol. The van der Waals surface area contributed by atoms with Crippen molar-refractivity contribution in [3.05, 3.63) is 23.5 Å². The van der Waals surface area contributed by atoms with E-state index < -0.39 is 8.32 Å².